The third kappa shape index (κ3) is 2.12. The van der Waals surface area contributed by atoms with E-state index in [0.29, 0.717) is 24.7 Å². The summed E-state index contributed by atoms with van der Waals surface area (Å²) in [5.74, 6) is 0.110. The van der Waals surface area contributed by atoms with Gasteiger partial charge in [0.25, 0.3) is 0 Å². The highest BCUT2D eigenvalue weighted by atomic mass is 16.3. The molecule has 0 spiro atoms. The van der Waals surface area contributed by atoms with Gasteiger partial charge in [-0.1, -0.05) is 13.8 Å². The van der Waals surface area contributed by atoms with Crippen LogP contribution in [0.2, 0.25) is 0 Å². The number of hydrogen-bond acceptors (Lipinski definition) is 3. The van der Waals surface area contributed by atoms with Crippen LogP contribution in [0.25, 0.3) is 0 Å². The van der Waals surface area contributed by atoms with Crippen molar-refractivity contribution in [2.24, 2.45) is 0 Å². The summed E-state index contributed by atoms with van der Waals surface area (Å²) in [7, 11) is 0. The largest absolute Gasteiger partial charge is 0.507 e. The van der Waals surface area contributed by atoms with E-state index in [1.807, 2.05) is 13.8 Å². The fourth-order valence-corrected chi connectivity index (χ4v) is 1.66. The van der Waals surface area contributed by atoms with Crippen molar-refractivity contribution in [3.05, 3.63) is 22.8 Å². The Hall–Kier alpha value is -1.51. The van der Waals surface area contributed by atoms with Crippen molar-refractivity contribution in [3.63, 3.8) is 0 Å². The minimum atomic E-state index is 0.0541. The molecule has 2 N–H and O–H groups in total. The van der Waals surface area contributed by atoms with Gasteiger partial charge < -0.3 is 15.0 Å². The summed E-state index contributed by atoms with van der Waals surface area (Å²) in [5.41, 5.74) is 1.91. The van der Waals surface area contributed by atoms with Crippen molar-refractivity contribution < 1.29 is 15.0 Å². The number of carbonyl (C=O) groups excluding carboxylic acids is 1. The molecule has 0 aromatic heterocycles. The maximum absolute atomic E-state index is 10.5. The summed E-state index contributed by atoms with van der Waals surface area (Å²) in [6.45, 7) is 3.85. The minimum absolute atomic E-state index is 0.0541. The van der Waals surface area contributed by atoms with Crippen LogP contribution in [0.1, 0.15) is 30.5 Å². The van der Waals surface area contributed by atoms with Crippen molar-refractivity contribution in [3.8, 4) is 11.5 Å². The number of rotatable bonds is 4. The second kappa shape index (κ2) is 4.82. The van der Waals surface area contributed by atoms with Crippen LogP contribution in [-0.4, -0.2) is 16.5 Å². The monoisotopic (exact) mass is 208 g/mol. The molecular weight excluding hydrogens is 192 g/mol. The first kappa shape index (κ1) is 11.6. The lowest BCUT2D eigenvalue weighted by molar-refractivity contribution is -0.107. The van der Waals surface area contributed by atoms with Gasteiger partial charge in [-0.2, -0.15) is 0 Å². The average molecular weight is 208 g/mol. The first-order chi connectivity index (χ1) is 7.15. The van der Waals surface area contributed by atoms with E-state index in [1.165, 1.54) is 0 Å². The molecule has 0 atom stereocenters. The topological polar surface area (TPSA) is 57.5 Å². The molecule has 1 aromatic carbocycles. The highest BCUT2D eigenvalue weighted by Crippen LogP contribution is 2.34. The Labute approximate surface area is 89.4 Å². The molecule has 1 aromatic rings. The van der Waals surface area contributed by atoms with Crippen LogP contribution in [0.15, 0.2) is 6.07 Å². The number of benzene rings is 1. The lowest BCUT2D eigenvalue weighted by Crippen LogP contribution is -1.96. The molecule has 0 bridgehead atoms. The highest BCUT2D eigenvalue weighted by molar-refractivity contribution is 5.64. The molecule has 0 saturated heterocycles. The predicted molar refractivity (Wildman–Crippen MR) is 58.3 cm³/mol. The van der Waals surface area contributed by atoms with Gasteiger partial charge in [0.1, 0.15) is 17.8 Å². The van der Waals surface area contributed by atoms with Crippen LogP contribution in [0, 0.1) is 0 Å². The fourth-order valence-electron chi connectivity index (χ4n) is 1.66. The molecule has 0 amide bonds. The van der Waals surface area contributed by atoms with Crippen LogP contribution >= 0.6 is 0 Å². The van der Waals surface area contributed by atoms with E-state index >= 15 is 0 Å². The summed E-state index contributed by atoms with van der Waals surface area (Å²) in [6.07, 6.45) is 2.11. The van der Waals surface area contributed by atoms with Crippen molar-refractivity contribution in [2.45, 2.75) is 33.1 Å². The van der Waals surface area contributed by atoms with Gasteiger partial charge in [-0.25, -0.2) is 0 Å². The Morgan fingerprint density at radius 3 is 1.93 bits per heavy atom. The van der Waals surface area contributed by atoms with Gasteiger partial charge in [0.05, 0.1) is 0 Å². The van der Waals surface area contributed by atoms with Crippen molar-refractivity contribution >= 4 is 6.29 Å². The average Bonchev–Trinajstić information content (AvgIpc) is 2.25. The van der Waals surface area contributed by atoms with Gasteiger partial charge in [0.15, 0.2) is 0 Å². The summed E-state index contributed by atoms with van der Waals surface area (Å²) in [5, 5.41) is 19.6. The molecule has 0 aliphatic heterocycles. The Bertz CT molecular complexity index is 341. The van der Waals surface area contributed by atoms with Crippen molar-refractivity contribution in [1.29, 1.82) is 0 Å². The predicted octanol–water partition coefficient (Wildman–Crippen LogP) is 1.96. The molecule has 82 valence electrons. The van der Waals surface area contributed by atoms with Crippen LogP contribution in [-0.2, 0) is 24.1 Å². The summed E-state index contributed by atoms with van der Waals surface area (Å²) in [4.78, 5) is 10.5. The Kier molecular flexibility index (Phi) is 3.72. The summed E-state index contributed by atoms with van der Waals surface area (Å²) < 4.78 is 0. The third-order valence-corrected chi connectivity index (χ3v) is 2.58. The summed E-state index contributed by atoms with van der Waals surface area (Å²) >= 11 is 0. The molecule has 0 heterocycles. The molecule has 0 unspecified atom stereocenters. The third-order valence-electron chi connectivity index (χ3n) is 2.58. The number of phenolic OH excluding ortho intramolecular Hbond substituents is 2. The Balaban J connectivity index is 3.38. The molecule has 0 aliphatic rings. The zero-order valence-corrected chi connectivity index (χ0v) is 9.08. The van der Waals surface area contributed by atoms with Gasteiger partial charge in [0.2, 0.25) is 0 Å². The molecule has 15 heavy (non-hydrogen) atoms. The highest BCUT2D eigenvalue weighted by Gasteiger charge is 2.14. The standard InChI is InChI=1S/C12H16O3/c1-3-8-7-9(4-2)12(15)10(5-6-13)11(8)14/h6-7,14-15H,3-5H2,1-2H3. The van der Waals surface area contributed by atoms with Gasteiger partial charge in [-0.3, -0.25) is 0 Å². The second-order valence-corrected chi connectivity index (χ2v) is 3.45. The van der Waals surface area contributed by atoms with E-state index in [2.05, 4.69) is 0 Å². The van der Waals surface area contributed by atoms with Gasteiger partial charge in [0, 0.05) is 12.0 Å². The molecule has 3 heteroatoms. The zero-order valence-electron chi connectivity index (χ0n) is 9.08. The van der Waals surface area contributed by atoms with Crippen molar-refractivity contribution in [2.75, 3.05) is 0 Å². The van der Waals surface area contributed by atoms with Gasteiger partial charge in [-0.05, 0) is 30.0 Å². The van der Waals surface area contributed by atoms with Crippen LogP contribution < -0.4 is 0 Å². The maximum Gasteiger partial charge on any atom is 0.126 e. The van der Waals surface area contributed by atoms with Gasteiger partial charge in [-0.15, -0.1) is 0 Å². The number of carbonyl (C=O) groups is 1. The van der Waals surface area contributed by atoms with E-state index < -0.39 is 0 Å². The Morgan fingerprint density at radius 2 is 1.60 bits per heavy atom. The van der Waals surface area contributed by atoms with E-state index in [4.69, 9.17) is 0 Å². The molecular formula is C12H16O3. The van der Waals surface area contributed by atoms with Crippen LogP contribution in [0.5, 0.6) is 11.5 Å². The van der Waals surface area contributed by atoms with Crippen LogP contribution in [0.3, 0.4) is 0 Å². The normalized spacial score (nSPS) is 10.3. The fraction of sp³-hybridized carbons (Fsp3) is 0.417. The number of phenols is 2. The lowest BCUT2D eigenvalue weighted by atomic mass is 9.98. The molecule has 0 saturated carbocycles. The van der Waals surface area contributed by atoms with E-state index in [1.54, 1.807) is 6.07 Å². The molecule has 0 radical (unpaired) electrons. The number of aryl methyl sites for hydroxylation is 2. The molecule has 1 rings (SSSR count). The zero-order chi connectivity index (χ0) is 11.4. The SMILES string of the molecule is CCc1cc(CC)c(O)c(CC=O)c1O. The summed E-state index contributed by atoms with van der Waals surface area (Å²) in [6, 6.07) is 1.79. The number of aldehydes is 1. The first-order valence-corrected chi connectivity index (χ1v) is 5.14. The molecule has 0 aliphatic carbocycles. The second-order valence-electron chi connectivity index (χ2n) is 3.45. The number of aromatic hydroxyl groups is 2. The van der Waals surface area contributed by atoms with Gasteiger partial charge >= 0.3 is 0 Å². The minimum Gasteiger partial charge on any atom is -0.507 e. The molecule has 0 fully saturated rings. The van der Waals surface area contributed by atoms with E-state index in [0.717, 1.165) is 11.1 Å². The lowest BCUT2D eigenvalue weighted by Gasteiger charge is -2.12. The van der Waals surface area contributed by atoms with Crippen LogP contribution in [0.4, 0.5) is 0 Å². The van der Waals surface area contributed by atoms with E-state index in [-0.39, 0.29) is 17.9 Å². The number of hydrogen-bond donors (Lipinski definition) is 2. The van der Waals surface area contributed by atoms with E-state index in [9.17, 15) is 15.0 Å². The molecule has 3 nitrogen and oxygen atoms in total. The van der Waals surface area contributed by atoms with Crippen molar-refractivity contribution in [1.82, 2.24) is 0 Å². The Morgan fingerprint density at radius 1 is 1.13 bits per heavy atom. The smallest absolute Gasteiger partial charge is 0.126 e. The maximum atomic E-state index is 10.5. The quantitative estimate of drug-likeness (QED) is 0.744. The first-order valence-electron chi connectivity index (χ1n) is 5.14.